The number of nitrogens with one attached hydrogen (secondary N) is 2. The van der Waals surface area contributed by atoms with Crippen molar-refractivity contribution in [2.24, 2.45) is 0 Å². The molecule has 11 aliphatic rings. The zero-order chi connectivity index (χ0) is 94.0. The molecule has 0 aliphatic carbocycles. The smallest absolute Gasteiger partial charge is 0.217 e. The van der Waals surface area contributed by atoms with Crippen LogP contribution in [0.3, 0.4) is 0 Å². The van der Waals surface area contributed by atoms with Crippen LogP contribution in [-0.4, -0.2) is 591 Å². The summed E-state index contributed by atoms with van der Waals surface area (Å²) in [7, 11) is 0. The summed E-state index contributed by atoms with van der Waals surface area (Å²) >= 11 is 0. The molecule has 55 atom stereocenters. The second kappa shape index (κ2) is 45.8. The van der Waals surface area contributed by atoms with Gasteiger partial charge in [0.1, 0.15) is 268 Å². The van der Waals surface area contributed by atoms with Crippen molar-refractivity contribution in [3.63, 3.8) is 0 Å². The lowest BCUT2D eigenvalue weighted by molar-refractivity contribution is -0.408. The normalized spacial score (nSPS) is 51.7. The van der Waals surface area contributed by atoms with Gasteiger partial charge in [-0.25, -0.2) is 0 Å². The van der Waals surface area contributed by atoms with Gasteiger partial charge in [-0.15, -0.1) is 0 Å². The lowest BCUT2D eigenvalue weighted by Crippen LogP contribution is -2.70. The molecule has 128 heavy (non-hydrogen) atoms. The molecule has 11 aliphatic heterocycles. The first-order valence-corrected chi connectivity index (χ1v) is 40.7. The Labute approximate surface area is 722 Å². The van der Waals surface area contributed by atoms with Crippen LogP contribution in [0.1, 0.15) is 13.8 Å². The van der Waals surface area contributed by atoms with E-state index >= 15 is 0 Å². The van der Waals surface area contributed by atoms with Crippen LogP contribution in [0.15, 0.2) is 0 Å². The van der Waals surface area contributed by atoms with Gasteiger partial charge in [0.2, 0.25) is 11.8 Å². The molecular weight excluding hydrogens is 1760 g/mol. The summed E-state index contributed by atoms with van der Waals surface area (Å²) in [6.07, 6.45) is -115. The third-order valence-electron chi connectivity index (χ3n) is 23.7. The van der Waals surface area contributed by atoms with E-state index in [1.807, 2.05) is 0 Å². The van der Waals surface area contributed by atoms with E-state index in [-0.39, 0.29) is 0 Å². The molecule has 35 N–H and O–H groups in total. The Morgan fingerprint density at radius 3 is 0.805 bits per heavy atom. The maximum absolute atomic E-state index is 13.1. The second-order valence-corrected chi connectivity index (χ2v) is 32.4. The van der Waals surface area contributed by atoms with Crippen molar-refractivity contribution in [3.8, 4) is 0 Å². The molecule has 58 nitrogen and oxygen atoms in total. The Bertz CT molecular complexity index is 3380. The van der Waals surface area contributed by atoms with Gasteiger partial charge in [-0.05, 0) is 0 Å². The molecule has 0 aromatic heterocycles. The summed E-state index contributed by atoms with van der Waals surface area (Å²) < 4.78 is 123. The first-order chi connectivity index (χ1) is 60.6. The Kier molecular flexibility index (Phi) is 37.7. The van der Waals surface area contributed by atoms with Crippen molar-refractivity contribution in [3.05, 3.63) is 0 Å². The molecule has 11 heterocycles. The zero-order valence-electron chi connectivity index (χ0n) is 67.7. The fourth-order valence-electron chi connectivity index (χ4n) is 16.3. The SMILES string of the molecule is CC(=O)N[C@H]1[C@H](O[C@H]2[C@H](O)[C@@H](NC(C)=O)C(O)O[C@@H]2CO)O[C@H](CO)[C@@H](O[C@@H]2O[C@H](CO[C@H]3O[C@H](CO[C@H]4O[C@H](CO[C@H]5O[C@H](CO)[C@@H](O)[C@H](O)[C@@H]5O)[C@@H](O)[C@H](O)[C@@H]4O)[C@@H](O)[C@H](O)[C@@H]3O[C@H]3O[C@H](CO[C@H]4O[C@H](CO)[C@@H](O)[C@H](O)[C@@H]4O)[C@@H](O)[C@H](O)[C@@H]3O)[C@@H](O)[C@H](O[C@H]3O[C@H](CO)[C@@H](O)[C@H](O)[C@@H]3O[C@H]3O[C@H](CO)[C@@H](O)[C@H](O)[C@H]3O[C@H]3O[C@H](CO)[C@@H](O)[C@H](O)[C@@H]3O)[C@@H]2O)[C@@H]1O. The minimum Gasteiger partial charge on any atom is -0.394 e. The minimum absolute atomic E-state index is 0.823. The van der Waals surface area contributed by atoms with E-state index in [9.17, 15) is 178 Å². The highest BCUT2D eigenvalue weighted by atomic mass is 16.8. The number of rotatable bonds is 33. The number of carbonyl (C=O) groups is 2. The van der Waals surface area contributed by atoms with Crippen LogP contribution < -0.4 is 10.6 Å². The summed E-state index contributed by atoms with van der Waals surface area (Å²) in [6, 6.07) is -3.70. The standard InChI is InChI=1S/C70H118N2O56/c1-14(80)71-27-38(91)54(21(8-78)112-60(27)107)123-61-28(72-15(2)81)39(92)55(22(9-79)118-61)124-67-53(106)56(125-69-59(46(99)33(86)19(6-76)116-69)128-70-58(45(98)32(85)20(7-77)117-70)127-65-51(104)42(95)31(84)18(5-75)115-65)37(90)26(121-67)13-111-68-57(126-66-52(105)44(97)35(88)24(120-66)11-109-63-49(102)41(94)30(83)17(4-74)114-63)47(100)36(89)25(122-68)12-110-64-50(103)43(96)34(87)23(119-64)10-108-62-48(101)40(93)29(82)16(3-73)113-62/h16-70,73-79,82-107H,3-13H2,1-2H3,(H,71,80)(H,72,81)/t16-,17-,18-,19-,20-,21-,22-,23-,24-,25-,26-,27-,28-,29-,30-,31-,32-,33-,34-,35-,36-,37-,38-,39-,40+,41+,42+,43+,44+,45+,46+,47+,48+,49+,50+,51+,52+,53+,54-,55-,56+,57+,58-,59+,60?,61+,62+,63+,64+,65-,66-,67+,68+,69-,70-/m1/s1. The predicted molar refractivity (Wildman–Crippen MR) is 386 cm³/mol. The third kappa shape index (κ3) is 22.8. The Morgan fingerprint density at radius 1 is 0.203 bits per heavy atom. The van der Waals surface area contributed by atoms with Gasteiger partial charge in [0.15, 0.2) is 69.2 Å². The van der Waals surface area contributed by atoms with Crippen molar-refractivity contribution in [1.82, 2.24) is 10.6 Å². The highest BCUT2D eigenvalue weighted by molar-refractivity contribution is 5.73. The number of hydrogen-bond acceptors (Lipinski definition) is 56. The predicted octanol–water partition coefficient (Wildman–Crippen LogP) is -24.7. The molecule has 58 heteroatoms. The average molecular weight is 1880 g/mol. The largest absolute Gasteiger partial charge is 0.394 e. The summed E-state index contributed by atoms with van der Waals surface area (Å²) in [5, 5.41) is 370. The van der Waals surface area contributed by atoms with E-state index in [4.69, 9.17) is 99.5 Å². The third-order valence-corrected chi connectivity index (χ3v) is 23.7. The molecule has 744 valence electrons. The van der Waals surface area contributed by atoms with E-state index in [1.54, 1.807) is 0 Å². The minimum atomic E-state index is -2.69. The van der Waals surface area contributed by atoms with Crippen molar-refractivity contribution in [2.75, 3.05) is 72.7 Å². The highest BCUT2D eigenvalue weighted by Gasteiger charge is 2.62. The fourth-order valence-corrected chi connectivity index (χ4v) is 16.3. The Morgan fingerprint density at radius 2 is 0.430 bits per heavy atom. The Balaban J connectivity index is 0.934. The van der Waals surface area contributed by atoms with Gasteiger partial charge in [-0.2, -0.15) is 0 Å². The molecule has 11 rings (SSSR count). The van der Waals surface area contributed by atoms with Gasteiger partial charge < -0.3 is 279 Å². The van der Waals surface area contributed by atoms with Gasteiger partial charge in [-0.3, -0.25) is 9.59 Å². The molecule has 0 saturated carbocycles. The molecule has 0 spiro atoms. The van der Waals surface area contributed by atoms with Crippen molar-refractivity contribution >= 4 is 11.8 Å². The quantitative estimate of drug-likeness (QED) is 0.0290. The van der Waals surface area contributed by atoms with Crippen LogP contribution in [0.25, 0.3) is 0 Å². The lowest BCUT2D eigenvalue weighted by Gasteiger charge is -2.51. The molecule has 0 radical (unpaired) electrons. The van der Waals surface area contributed by atoms with Crippen LogP contribution in [0, 0.1) is 0 Å². The maximum Gasteiger partial charge on any atom is 0.217 e. The Hall–Kier alpha value is -3.22. The molecular formula is C70H118N2O56. The van der Waals surface area contributed by atoms with E-state index in [0.29, 0.717) is 0 Å². The topological polar surface area (TPSA) is 920 Å². The van der Waals surface area contributed by atoms with Gasteiger partial charge in [0, 0.05) is 13.8 Å². The average Bonchev–Trinajstić information content (AvgIpc) is 0.739. The van der Waals surface area contributed by atoms with Crippen molar-refractivity contribution in [2.45, 2.75) is 351 Å². The second-order valence-electron chi connectivity index (χ2n) is 32.4. The molecule has 11 saturated heterocycles. The van der Waals surface area contributed by atoms with Crippen LogP contribution in [0.4, 0.5) is 0 Å². The van der Waals surface area contributed by atoms with Crippen LogP contribution in [0.5, 0.6) is 0 Å². The first-order valence-electron chi connectivity index (χ1n) is 40.7. The highest BCUT2D eigenvalue weighted by Crippen LogP contribution is 2.41. The fraction of sp³-hybridized carbons (Fsp3) is 0.971. The van der Waals surface area contributed by atoms with E-state index in [0.717, 1.165) is 13.8 Å². The van der Waals surface area contributed by atoms with E-state index < -0.39 is 422 Å². The number of amides is 2. The van der Waals surface area contributed by atoms with Gasteiger partial charge in [0.05, 0.1) is 72.7 Å². The van der Waals surface area contributed by atoms with Gasteiger partial charge in [0.25, 0.3) is 0 Å². The van der Waals surface area contributed by atoms with Crippen molar-refractivity contribution < 1.29 is 278 Å². The number of aliphatic hydroxyl groups excluding tert-OH is 33. The molecule has 0 bridgehead atoms. The molecule has 0 aromatic rings. The van der Waals surface area contributed by atoms with Crippen LogP contribution in [-0.2, 0) is 109 Å². The summed E-state index contributed by atoms with van der Waals surface area (Å²) in [5.74, 6) is -1.82. The summed E-state index contributed by atoms with van der Waals surface area (Å²) in [5.41, 5.74) is 0. The summed E-state index contributed by atoms with van der Waals surface area (Å²) in [6.45, 7) is -10.2. The number of aliphatic hydroxyl groups is 33. The summed E-state index contributed by atoms with van der Waals surface area (Å²) in [4.78, 5) is 25.3. The molecule has 1 unspecified atom stereocenters. The van der Waals surface area contributed by atoms with Gasteiger partial charge >= 0.3 is 0 Å². The number of carbonyl (C=O) groups excluding carboxylic acids is 2. The number of ether oxygens (including phenoxy) is 21. The zero-order valence-corrected chi connectivity index (χ0v) is 67.7. The maximum atomic E-state index is 13.1. The van der Waals surface area contributed by atoms with Crippen LogP contribution >= 0.6 is 0 Å². The van der Waals surface area contributed by atoms with Gasteiger partial charge in [-0.1, -0.05) is 0 Å². The number of hydrogen-bond donors (Lipinski definition) is 35. The lowest BCUT2D eigenvalue weighted by atomic mass is 9.94. The molecule has 2 amide bonds. The first kappa shape index (κ1) is 105. The van der Waals surface area contributed by atoms with E-state index in [2.05, 4.69) is 10.6 Å². The monoisotopic (exact) mass is 1880 g/mol. The molecule has 0 aromatic carbocycles. The molecule has 11 fully saturated rings. The van der Waals surface area contributed by atoms with Crippen molar-refractivity contribution in [1.29, 1.82) is 0 Å². The van der Waals surface area contributed by atoms with E-state index in [1.165, 1.54) is 0 Å². The van der Waals surface area contributed by atoms with Crippen LogP contribution in [0.2, 0.25) is 0 Å².